The first-order valence-electron chi connectivity index (χ1n) is 6.88. The number of ether oxygens (including phenoxy) is 1. The Morgan fingerprint density at radius 3 is 2.58 bits per heavy atom. The molecule has 1 fully saturated rings. The van der Waals surface area contributed by atoms with Crippen LogP contribution in [0, 0.1) is 10.1 Å². The smallest absolute Gasteiger partial charge is 0.307 e. The molecule has 1 aliphatic rings. The number of nitrogens with zero attached hydrogens (tertiary/aromatic N) is 2. The van der Waals surface area contributed by atoms with Crippen molar-refractivity contribution in [1.29, 1.82) is 0 Å². The van der Waals surface area contributed by atoms with Crippen LogP contribution in [0.15, 0.2) is 29.2 Å². The molecule has 0 bridgehead atoms. The van der Waals surface area contributed by atoms with E-state index in [2.05, 4.69) is 10.1 Å². The second-order valence-corrected chi connectivity index (χ2v) is 6.84. The maximum Gasteiger partial charge on any atom is 0.307 e. The van der Waals surface area contributed by atoms with Crippen LogP contribution < -0.4 is 5.32 Å². The van der Waals surface area contributed by atoms with E-state index in [1.54, 1.807) is 0 Å². The summed E-state index contributed by atoms with van der Waals surface area (Å²) in [4.78, 5) is 33.2. The number of amides is 1. The highest BCUT2D eigenvalue weighted by atomic mass is 32.2. The molecule has 10 nitrogen and oxygen atoms in total. The van der Waals surface area contributed by atoms with E-state index in [1.807, 2.05) is 0 Å². The summed E-state index contributed by atoms with van der Waals surface area (Å²) in [6.45, 7) is 0.0788. The molecule has 24 heavy (non-hydrogen) atoms. The molecule has 0 aliphatic carbocycles. The Morgan fingerprint density at radius 1 is 1.42 bits per heavy atom. The Morgan fingerprint density at radius 2 is 2.04 bits per heavy atom. The molecule has 1 unspecified atom stereocenters. The first-order valence-corrected chi connectivity index (χ1v) is 8.32. The minimum atomic E-state index is -4.10. The highest BCUT2D eigenvalue weighted by molar-refractivity contribution is 7.89. The van der Waals surface area contributed by atoms with Crippen molar-refractivity contribution in [2.75, 3.05) is 20.2 Å². The van der Waals surface area contributed by atoms with Crippen molar-refractivity contribution in [1.82, 2.24) is 9.62 Å². The molecule has 1 N–H and O–H groups in total. The number of benzene rings is 1. The van der Waals surface area contributed by atoms with Crippen LogP contribution in [0.2, 0.25) is 0 Å². The van der Waals surface area contributed by atoms with Gasteiger partial charge < -0.3 is 10.1 Å². The summed E-state index contributed by atoms with van der Waals surface area (Å²) >= 11 is 0. The molecule has 0 aromatic heterocycles. The van der Waals surface area contributed by atoms with Crippen molar-refractivity contribution in [2.45, 2.75) is 17.4 Å². The zero-order valence-corrected chi connectivity index (χ0v) is 13.5. The van der Waals surface area contributed by atoms with Gasteiger partial charge in [0.15, 0.2) is 0 Å². The largest absolute Gasteiger partial charge is 0.469 e. The van der Waals surface area contributed by atoms with E-state index in [-0.39, 0.29) is 23.7 Å². The minimum Gasteiger partial charge on any atom is -0.469 e. The van der Waals surface area contributed by atoms with Gasteiger partial charge >= 0.3 is 5.97 Å². The molecule has 1 saturated heterocycles. The Kier molecular flexibility index (Phi) is 5.14. The fourth-order valence-electron chi connectivity index (χ4n) is 2.29. The number of nitro groups is 1. The number of hydrogen-bond acceptors (Lipinski definition) is 7. The number of rotatable bonds is 5. The molecule has 0 spiro atoms. The Hall–Kier alpha value is -2.53. The van der Waals surface area contributed by atoms with Gasteiger partial charge in [0.25, 0.3) is 5.69 Å². The number of methoxy groups -OCH3 is 1. The van der Waals surface area contributed by atoms with Crippen molar-refractivity contribution in [2.24, 2.45) is 0 Å². The average Bonchev–Trinajstić information content (AvgIpc) is 2.56. The van der Waals surface area contributed by atoms with Crippen LogP contribution in [0.4, 0.5) is 5.69 Å². The molecule has 1 aromatic carbocycles. The summed E-state index contributed by atoms with van der Waals surface area (Å²) in [5.41, 5.74) is -0.253. The third-order valence-corrected chi connectivity index (χ3v) is 5.45. The maximum atomic E-state index is 12.7. The summed E-state index contributed by atoms with van der Waals surface area (Å²) in [5, 5.41) is 13.2. The van der Waals surface area contributed by atoms with Crippen LogP contribution in [0.25, 0.3) is 0 Å². The number of piperazine rings is 1. The van der Waals surface area contributed by atoms with Gasteiger partial charge in [-0.1, -0.05) is 0 Å². The number of carbonyl (C=O) groups excluding carboxylic acids is 2. The molecule has 130 valence electrons. The summed E-state index contributed by atoms with van der Waals surface area (Å²) in [5.74, 6) is -1.32. The second-order valence-electron chi connectivity index (χ2n) is 4.95. The minimum absolute atomic E-state index is 0.0211. The number of carbonyl (C=O) groups is 2. The van der Waals surface area contributed by atoms with Crippen molar-refractivity contribution in [3.8, 4) is 0 Å². The molecular formula is C13H15N3O7S. The van der Waals surface area contributed by atoms with Gasteiger partial charge in [-0.05, 0) is 12.1 Å². The third kappa shape index (κ3) is 3.51. The van der Waals surface area contributed by atoms with Gasteiger partial charge in [0, 0.05) is 25.2 Å². The molecule has 1 heterocycles. The van der Waals surface area contributed by atoms with Gasteiger partial charge in [-0.2, -0.15) is 4.31 Å². The highest BCUT2D eigenvalue weighted by Gasteiger charge is 2.40. The average molecular weight is 357 g/mol. The molecule has 2 rings (SSSR count). The quantitative estimate of drug-likeness (QED) is 0.432. The zero-order valence-electron chi connectivity index (χ0n) is 12.7. The predicted octanol–water partition coefficient (Wildman–Crippen LogP) is -0.353. The van der Waals surface area contributed by atoms with Crippen LogP contribution in [0.3, 0.4) is 0 Å². The Labute approximate surface area is 137 Å². The lowest BCUT2D eigenvalue weighted by Gasteiger charge is -2.33. The van der Waals surface area contributed by atoms with Gasteiger partial charge in [0.1, 0.15) is 6.04 Å². The first-order chi connectivity index (χ1) is 11.3. The van der Waals surface area contributed by atoms with E-state index in [0.717, 1.165) is 35.7 Å². The molecule has 1 amide bonds. The summed E-state index contributed by atoms with van der Waals surface area (Å²) in [7, 11) is -2.96. The van der Waals surface area contributed by atoms with Crippen LogP contribution in [-0.4, -0.2) is 55.8 Å². The van der Waals surface area contributed by atoms with E-state index >= 15 is 0 Å². The van der Waals surface area contributed by atoms with Gasteiger partial charge in [0.2, 0.25) is 15.9 Å². The first kappa shape index (κ1) is 17.8. The van der Waals surface area contributed by atoms with Gasteiger partial charge in [-0.25, -0.2) is 8.42 Å². The fourth-order valence-corrected chi connectivity index (χ4v) is 3.88. The highest BCUT2D eigenvalue weighted by Crippen LogP contribution is 2.23. The lowest BCUT2D eigenvalue weighted by molar-refractivity contribution is -0.384. The summed E-state index contributed by atoms with van der Waals surface area (Å²) < 4.78 is 30.8. The van der Waals surface area contributed by atoms with Gasteiger partial charge in [-0.15, -0.1) is 0 Å². The van der Waals surface area contributed by atoms with Gasteiger partial charge in [-0.3, -0.25) is 19.7 Å². The number of esters is 1. The van der Waals surface area contributed by atoms with E-state index < -0.39 is 39.3 Å². The second kappa shape index (κ2) is 6.93. The number of non-ortho nitro benzene ring substituents is 1. The van der Waals surface area contributed by atoms with E-state index in [1.165, 1.54) is 0 Å². The van der Waals surface area contributed by atoms with E-state index in [0.29, 0.717) is 0 Å². The predicted molar refractivity (Wildman–Crippen MR) is 80.4 cm³/mol. The summed E-state index contributed by atoms with van der Waals surface area (Å²) in [6.07, 6.45) is -0.422. The maximum absolute atomic E-state index is 12.7. The third-order valence-electron chi connectivity index (χ3n) is 3.52. The standard InChI is InChI=1S/C13H15N3O7S/c1-23-12(17)8-11-13(18)14-6-7-15(11)24(21,22)10-4-2-9(3-5-10)16(19)20/h2-5,11H,6-8H2,1H3,(H,14,18). The number of hydrogen-bond donors (Lipinski definition) is 1. The van der Waals surface area contributed by atoms with Crippen molar-refractivity contribution in [3.63, 3.8) is 0 Å². The fraction of sp³-hybridized carbons (Fsp3) is 0.385. The van der Waals surface area contributed by atoms with E-state index in [9.17, 15) is 28.1 Å². The number of nitro benzene ring substituents is 1. The Bertz CT molecular complexity index is 760. The van der Waals surface area contributed by atoms with Crippen molar-refractivity contribution in [3.05, 3.63) is 34.4 Å². The van der Waals surface area contributed by atoms with Crippen molar-refractivity contribution < 1.29 is 27.7 Å². The number of sulfonamides is 1. The molecule has 0 saturated carbocycles. The number of nitrogens with one attached hydrogen (secondary N) is 1. The normalized spacial score (nSPS) is 18.7. The molecule has 1 atom stereocenters. The van der Waals surface area contributed by atoms with Crippen molar-refractivity contribution >= 4 is 27.6 Å². The van der Waals surface area contributed by atoms with Crippen LogP contribution in [-0.2, 0) is 24.3 Å². The Balaban J connectivity index is 2.35. The molecule has 0 radical (unpaired) electrons. The molecule has 11 heteroatoms. The molecule has 1 aliphatic heterocycles. The zero-order chi connectivity index (χ0) is 17.9. The van der Waals surface area contributed by atoms with Crippen LogP contribution >= 0.6 is 0 Å². The van der Waals surface area contributed by atoms with Gasteiger partial charge in [0.05, 0.1) is 23.3 Å². The lowest BCUT2D eigenvalue weighted by Crippen LogP contribution is -2.57. The topological polar surface area (TPSA) is 136 Å². The van der Waals surface area contributed by atoms with Crippen LogP contribution in [0.5, 0.6) is 0 Å². The molecule has 1 aromatic rings. The SMILES string of the molecule is COC(=O)CC1C(=O)NCCN1S(=O)(=O)c1ccc([N+](=O)[O-])cc1. The monoisotopic (exact) mass is 357 g/mol. The van der Waals surface area contributed by atoms with Crippen LogP contribution in [0.1, 0.15) is 6.42 Å². The summed E-state index contributed by atoms with van der Waals surface area (Å²) in [6, 6.07) is 3.08. The van der Waals surface area contributed by atoms with E-state index in [4.69, 9.17) is 0 Å². The molecular weight excluding hydrogens is 342 g/mol. The lowest BCUT2D eigenvalue weighted by atomic mass is 10.1.